The molecule has 1 aromatic carbocycles. The van der Waals surface area contributed by atoms with Crippen LogP contribution in [0.3, 0.4) is 0 Å². The SMILES string of the molecule is [CH3][Sn]([CH3])([CH3])[c]1cc(Cl)ccc1-n1ccnn1. The van der Waals surface area contributed by atoms with Gasteiger partial charge in [0.25, 0.3) is 0 Å². The maximum atomic E-state index is 6.07. The Morgan fingerprint density at radius 2 is 2.00 bits per heavy atom. The molecule has 0 aliphatic heterocycles. The fourth-order valence-electron chi connectivity index (χ4n) is 1.65. The van der Waals surface area contributed by atoms with Gasteiger partial charge in [-0.25, -0.2) is 0 Å². The third-order valence-electron chi connectivity index (χ3n) is 2.44. The third kappa shape index (κ3) is 2.40. The fourth-order valence-corrected chi connectivity index (χ4v) is 6.52. The van der Waals surface area contributed by atoms with E-state index >= 15 is 0 Å². The Bertz CT molecular complexity index is 488. The van der Waals surface area contributed by atoms with E-state index in [1.807, 2.05) is 23.0 Å². The zero-order valence-electron chi connectivity index (χ0n) is 9.61. The van der Waals surface area contributed by atoms with E-state index in [1.165, 1.54) is 3.58 Å². The second kappa shape index (κ2) is 4.37. The first kappa shape index (κ1) is 11.9. The fraction of sp³-hybridized carbons (Fsp3) is 0.273. The Labute approximate surface area is 104 Å². The summed E-state index contributed by atoms with van der Waals surface area (Å²) in [5.41, 5.74) is 1.12. The molecular weight excluding hydrogens is 328 g/mol. The van der Waals surface area contributed by atoms with Gasteiger partial charge in [0.05, 0.1) is 0 Å². The minimum absolute atomic E-state index is 0.797. The van der Waals surface area contributed by atoms with E-state index in [0.29, 0.717) is 0 Å². The Morgan fingerprint density at radius 1 is 1.25 bits per heavy atom. The van der Waals surface area contributed by atoms with Crippen molar-refractivity contribution < 1.29 is 0 Å². The number of hydrogen-bond acceptors (Lipinski definition) is 2. The van der Waals surface area contributed by atoms with Crippen molar-refractivity contribution in [2.24, 2.45) is 0 Å². The monoisotopic (exact) mass is 343 g/mol. The summed E-state index contributed by atoms with van der Waals surface area (Å²) in [5.74, 6) is 0. The molecule has 1 heterocycles. The Kier molecular flexibility index (Phi) is 3.26. The van der Waals surface area contributed by atoms with Crippen LogP contribution < -0.4 is 3.58 Å². The predicted molar refractivity (Wildman–Crippen MR) is 69.3 cm³/mol. The van der Waals surface area contributed by atoms with E-state index in [2.05, 4.69) is 31.2 Å². The summed E-state index contributed by atoms with van der Waals surface area (Å²) >= 11 is 3.89. The number of aromatic nitrogens is 3. The first-order chi connectivity index (χ1) is 7.48. The van der Waals surface area contributed by atoms with Gasteiger partial charge in [-0.2, -0.15) is 0 Å². The average Bonchev–Trinajstić information content (AvgIpc) is 2.69. The van der Waals surface area contributed by atoms with Crippen LogP contribution in [-0.2, 0) is 0 Å². The molecule has 0 aliphatic rings. The zero-order valence-corrected chi connectivity index (χ0v) is 13.2. The molecular formula is C11H14ClN3Sn. The van der Waals surface area contributed by atoms with Crippen molar-refractivity contribution >= 4 is 33.6 Å². The summed E-state index contributed by atoms with van der Waals surface area (Å²) < 4.78 is 3.18. The molecule has 0 radical (unpaired) electrons. The van der Waals surface area contributed by atoms with Crippen LogP contribution in [-0.4, -0.2) is 33.4 Å². The molecule has 0 N–H and O–H groups in total. The van der Waals surface area contributed by atoms with E-state index in [4.69, 9.17) is 11.6 Å². The molecule has 0 bridgehead atoms. The van der Waals surface area contributed by atoms with E-state index in [-0.39, 0.29) is 0 Å². The molecule has 2 rings (SSSR count). The molecule has 2 aromatic rings. The summed E-state index contributed by atoms with van der Waals surface area (Å²) in [7, 11) is 0. The van der Waals surface area contributed by atoms with Crippen LogP contribution in [0, 0.1) is 0 Å². The quantitative estimate of drug-likeness (QED) is 0.785. The molecule has 1 aromatic heterocycles. The van der Waals surface area contributed by atoms with Crippen molar-refractivity contribution in [3.63, 3.8) is 0 Å². The first-order valence-electron chi connectivity index (χ1n) is 5.15. The molecule has 3 nitrogen and oxygen atoms in total. The van der Waals surface area contributed by atoms with Gasteiger partial charge >= 0.3 is 105 Å². The van der Waals surface area contributed by atoms with Gasteiger partial charge in [-0.15, -0.1) is 0 Å². The van der Waals surface area contributed by atoms with E-state index in [1.54, 1.807) is 6.20 Å². The van der Waals surface area contributed by atoms with Crippen molar-refractivity contribution in [1.82, 2.24) is 15.0 Å². The zero-order chi connectivity index (χ0) is 11.8. The van der Waals surface area contributed by atoms with Crippen LogP contribution in [0.1, 0.15) is 0 Å². The van der Waals surface area contributed by atoms with Crippen molar-refractivity contribution in [1.29, 1.82) is 0 Å². The van der Waals surface area contributed by atoms with E-state index in [0.717, 1.165) is 10.7 Å². The van der Waals surface area contributed by atoms with Crippen molar-refractivity contribution in [3.05, 3.63) is 35.6 Å². The van der Waals surface area contributed by atoms with Crippen LogP contribution in [0.15, 0.2) is 30.6 Å². The molecule has 16 heavy (non-hydrogen) atoms. The van der Waals surface area contributed by atoms with Gasteiger partial charge in [-0.05, 0) is 0 Å². The number of hydrogen-bond donors (Lipinski definition) is 0. The number of rotatable bonds is 2. The molecule has 0 aliphatic carbocycles. The number of benzene rings is 1. The second-order valence-electron chi connectivity index (χ2n) is 4.76. The van der Waals surface area contributed by atoms with Crippen LogP contribution in [0.4, 0.5) is 0 Å². The molecule has 0 saturated carbocycles. The van der Waals surface area contributed by atoms with Gasteiger partial charge in [0.15, 0.2) is 0 Å². The number of halogens is 1. The van der Waals surface area contributed by atoms with Gasteiger partial charge < -0.3 is 0 Å². The van der Waals surface area contributed by atoms with Crippen LogP contribution in [0.5, 0.6) is 0 Å². The van der Waals surface area contributed by atoms with E-state index in [9.17, 15) is 0 Å². The molecule has 0 unspecified atom stereocenters. The molecule has 0 spiro atoms. The van der Waals surface area contributed by atoms with Crippen LogP contribution in [0.2, 0.25) is 19.8 Å². The molecule has 0 saturated heterocycles. The molecule has 84 valence electrons. The first-order valence-corrected chi connectivity index (χ1v) is 15.5. The Hall–Kier alpha value is -0.551. The second-order valence-corrected chi connectivity index (χ2v) is 19.6. The van der Waals surface area contributed by atoms with Gasteiger partial charge in [0.2, 0.25) is 0 Å². The summed E-state index contributed by atoms with van der Waals surface area (Å²) in [4.78, 5) is 7.09. The molecule has 0 atom stereocenters. The van der Waals surface area contributed by atoms with Gasteiger partial charge in [0.1, 0.15) is 0 Å². The van der Waals surface area contributed by atoms with Crippen LogP contribution in [0.25, 0.3) is 5.69 Å². The predicted octanol–water partition coefficient (Wildman–Crippen LogP) is 2.47. The molecule has 5 heteroatoms. The molecule has 0 fully saturated rings. The maximum absolute atomic E-state index is 6.07. The standard InChI is InChI=1S/C8H5ClN3.3CH3.Sn/c9-7-1-3-8(4-2-7)12-6-5-10-11-12;;;;/h1-3,5-6H;3*1H3;. The van der Waals surface area contributed by atoms with Crippen molar-refractivity contribution in [2.75, 3.05) is 0 Å². The summed E-state index contributed by atoms with van der Waals surface area (Å²) in [5, 5.41) is 8.69. The van der Waals surface area contributed by atoms with Gasteiger partial charge in [-0.1, -0.05) is 0 Å². The molecule has 0 amide bonds. The normalized spacial score (nSPS) is 11.8. The Morgan fingerprint density at radius 3 is 2.56 bits per heavy atom. The minimum atomic E-state index is -2.19. The topological polar surface area (TPSA) is 30.7 Å². The van der Waals surface area contributed by atoms with Gasteiger partial charge in [-0.3, -0.25) is 0 Å². The van der Waals surface area contributed by atoms with Crippen molar-refractivity contribution in [3.8, 4) is 5.69 Å². The Balaban J connectivity index is 2.62. The summed E-state index contributed by atoms with van der Waals surface area (Å²) in [6.07, 6.45) is 3.56. The summed E-state index contributed by atoms with van der Waals surface area (Å²) in [6.45, 7) is 0. The van der Waals surface area contributed by atoms with Crippen LogP contribution >= 0.6 is 11.6 Å². The van der Waals surface area contributed by atoms with Crippen molar-refractivity contribution in [2.45, 2.75) is 14.8 Å². The third-order valence-corrected chi connectivity index (χ3v) is 8.43. The summed E-state index contributed by atoms with van der Waals surface area (Å²) in [6, 6.07) is 6.00. The average molecular weight is 342 g/mol. The van der Waals surface area contributed by atoms with Gasteiger partial charge in [0, 0.05) is 0 Å². The number of nitrogens with zero attached hydrogens (tertiary/aromatic N) is 3. The van der Waals surface area contributed by atoms with E-state index < -0.39 is 18.4 Å².